The van der Waals surface area contributed by atoms with Gasteiger partial charge >= 0.3 is 0 Å². The zero-order valence-electron chi connectivity index (χ0n) is 17.4. The van der Waals surface area contributed by atoms with Crippen molar-refractivity contribution in [2.45, 2.75) is 25.3 Å². The highest BCUT2D eigenvalue weighted by atomic mass is 35.5. The molecule has 0 atom stereocenters. The quantitative estimate of drug-likeness (QED) is 0.200. The van der Waals surface area contributed by atoms with E-state index in [1.807, 2.05) is 41.5 Å². The monoisotopic (exact) mass is 523 g/mol. The average molecular weight is 524 g/mol. The Balaban J connectivity index is 1.68. The third-order valence-corrected chi connectivity index (χ3v) is 7.93. The van der Waals surface area contributed by atoms with Gasteiger partial charge in [-0.1, -0.05) is 52.4 Å². The van der Waals surface area contributed by atoms with Crippen LogP contribution in [-0.2, 0) is 6.54 Å². The van der Waals surface area contributed by atoms with Crippen LogP contribution < -0.4 is 9.47 Å². The first-order valence-corrected chi connectivity index (χ1v) is 12.3. The number of anilines is 1. The molecule has 8 nitrogen and oxygen atoms in total. The summed E-state index contributed by atoms with van der Waals surface area (Å²) in [4.78, 5) is 24.3. The smallest absolute Gasteiger partial charge is 0.289 e. The molecule has 1 aromatic heterocycles. The van der Waals surface area contributed by atoms with E-state index in [1.165, 1.54) is 35.2 Å². The van der Waals surface area contributed by atoms with Crippen molar-refractivity contribution in [1.82, 2.24) is 0 Å². The Bertz CT molecular complexity index is 1370. The third-order valence-electron chi connectivity index (χ3n) is 5.10. The lowest BCUT2D eigenvalue weighted by atomic mass is 10.2. The number of hydrogen-bond acceptors (Lipinski definition) is 7. The molecule has 1 aliphatic rings. The fourth-order valence-corrected chi connectivity index (χ4v) is 6.38. The number of thiazole rings is 1. The van der Waals surface area contributed by atoms with Gasteiger partial charge < -0.3 is 4.90 Å². The van der Waals surface area contributed by atoms with Gasteiger partial charge in [0, 0.05) is 35.7 Å². The minimum Gasteiger partial charge on any atom is -0.335 e. The topological polar surface area (TPSA) is 93.4 Å². The molecule has 4 rings (SSSR count). The van der Waals surface area contributed by atoms with Gasteiger partial charge in [-0.05, 0) is 26.0 Å². The number of halogens is 2. The Morgan fingerprint density at radius 2 is 1.73 bits per heavy atom. The highest BCUT2D eigenvalue weighted by Gasteiger charge is 2.28. The fourth-order valence-electron chi connectivity index (χ4n) is 3.62. The molecule has 0 spiro atoms. The minimum absolute atomic E-state index is 0.108. The second-order valence-electron chi connectivity index (χ2n) is 6.95. The van der Waals surface area contributed by atoms with Crippen LogP contribution in [0.4, 0.5) is 17.1 Å². The van der Waals surface area contributed by atoms with Crippen molar-refractivity contribution in [3.8, 4) is 0 Å². The van der Waals surface area contributed by atoms with Gasteiger partial charge in [0.15, 0.2) is 0 Å². The number of rotatable bonds is 6. The van der Waals surface area contributed by atoms with E-state index in [9.17, 15) is 20.2 Å². The maximum atomic E-state index is 11.2. The molecule has 0 unspecified atom stereocenters. The van der Waals surface area contributed by atoms with Crippen LogP contribution in [0.25, 0.3) is 16.3 Å². The molecule has 3 aromatic rings. The SMILES string of the molecule is CCN1C(=CC=Cc2sc3cc([N+](=O)[O-])c(Cl)cc3[n+]2CC)Sc2cc([N+](=O)[O-])c(Cl)cc21. The zero-order valence-corrected chi connectivity index (χ0v) is 20.6. The molecule has 0 bridgehead atoms. The highest BCUT2D eigenvalue weighted by molar-refractivity contribution is 8.03. The van der Waals surface area contributed by atoms with Crippen LogP contribution in [0, 0.1) is 20.2 Å². The molecule has 2 heterocycles. The van der Waals surface area contributed by atoms with Crippen LogP contribution in [0.1, 0.15) is 18.9 Å². The summed E-state index contributed by atoms with van der Waals surface area (Å²) in [5.74, 6) is 0. The molecular formula is C21H17Cl2N4O4S2+. The van der Waals surface area contributed by atoms with Crippen molar-refractivity contribution in [1.29, 1.82) is 0 Å². The lowest BCUT2D eigenvalue weighted by Gasteiger charge is -2.17. The molecule has 0 N–H and O–H groups in total. The molecule has 170 valence electrons. The maximum Gasteiger partial charge on any atom is 0.289 e. The molecule has 1 aliphatic heterocycles. The number of fused-ring (bicyclic) bond motifs is 2. The van der Waals surface area contributed by atoms with E-state index in [1.54, 1.807) is 12.1 Å². The number of benzene rings is 2. The van der Waals surface area contributed by atoms with Crippen molar-refractivity contribution in [2.75, 3.05) is 11.4 Å². The number of hydrogen-bond donors (Lipinski definition) is 0. The van der Waals surface area contributed by atoms with Crippen LogP contribution in [0.2, 0.25) is 10.0 Å². The summed E-state index contributed by atoms with van der Waals surface area (Å²) < 4.78 is 2.82. The summed E-state index contributed by atoms with van der Waals surface area (Å²) in [6, 6.07) is 6.26. The Hall–Kier alpha value is -2.66. The first kappa shape index (κ1) is 23.5. The third kappa shape index (κ3) is 4.31. The molecule has 0 saturated carbocycles. The van der Waals surface area contributed by atoms with Gasteiger partial charge in [0.2, 0.25) is 5.52 Å². The fraction of sp³-hybridized carbons (Fsp3) is 0.190. The van der Waals surface area contributed by atoms with Gasteiger partial charge in [0.05, 0.1) is 20.6 Å². The maximum absolute atomic E-state index is 11.2. The highest BCUT2D eigenvalue weighted by Crippen LogP contribution is 2.49. The molecule has 0 amide bonds. The minimum atomic E-state index is -0.484. The molecule has 0 aliphatic carbocycles. The lowest BCUT2D eigenvalue weighted by molar-refractivity contribution is -0.665. The number of nitro groups is 2. The number of aryl methyl sites for hydroxylation is 1. The van der Waals surface area contributed by atoms with Gasteiger partial charge in [0.1, 0.15) is 21.3 Å². The average Bonchev–Trinajstić information content (AvgIpc) is 3.28. The number of aromatic nitrogens is 1. The molecule has 12 heteroatoms. The van der Waals surface area contributed by atoms with Gasteiger partial charge in [-0.15, -0.1) is 0 Å². The second kappa shape index (κ2) is 9.30. The van der Waals surface area contributed by atoms with E-state index >= 15 is 0 Å². The molecule has 0 radical (unpaired) electrons. The number of thioether (sulfide) groups is 1. The molecular weight excluding hydrogens is 507 g/mol. The normalized spacial score (nSPS) is 14.5. The van der Waals surface area contributed by atoms with Crippen LogP contribution in [0.5, 0.6) is 0 Å². The van der Waals surface area contributed by atoms with Crippen LogP contribution >= 0.6 is 46.3 Å². The summed E-state index contributed by atoms with van der Waals surface area (Å²) in [5.41, 5.74) is 1.45. The first-order chi connectivity index (χ1) is 15.7. The Kier molecular flexibility index (Phi) is 6.62. The van der Waals surface area contributed by atoms with E-state index in [2.05, 4.69) is 0 Å². The van der Waals surface area contributed by atoms with Crippen molar-refractivity contribution < 1.29 is 14.4 Å². The Morgan fingerprint density at radius 3 is 2.36 bits per heavy atom. The summed E-state index contributed by atoms with van der Waals surface area (Å²) in [6.07, 6.45) is 5.78. The Labute approximate surface area is 207 Å². The van der Waals surface area contributed by atoms with E-state index in [-0.39, 0.29) is 21.4 Å². The number of nitrogens with zero attached hydrogens (tertiary/aromatic N) is 4. The number of nitro benzene ring substituents is 2. The second-order valence-corrected chi connectivity index (χ2v) is 9.89. The van der Waals surface area contributed by atoms with Crippen molar-refractivity contribution in [3.05, 3.63) is 76.7 Å². The molecule has 0 fully saturated rings. The standard InChI is InChI=1S/C21H17Cl2N4O4S2/c1-3-24-16-8-12(22)14(26(28)29)10-18(16)32-20(24)6-5-7-21-25(4-2)17-9-13(23)15(27(30)31)11-19(17)33-21/h5-11H,3-4H2,1-2H3/q+1. The summed E-state index contributed by atoms with van der Waals surface area (Å²) in [6.45, 7) is 5.34. The summed E-state index contributed by atoms with van der Waals surface area (Å²) in [7, 11) is 0. The predicted octanol–water partition coefficient (Wildman–Crippen LogP) is 6.82. The van der Waals surface area contributed by atoms with Crippen molar-refractivity contribution in [2.24, 2.45) is 0 Å². The van der Waals surface area contributed by atoms with Crippen molar-refractivity contribution in [3.63, 3.8) is 0 Å². The predicted molar refractivity (Wildman–Crippen MR) is 133 cm³/mol. The summed E-state index contributed by atoms with van der Waals surface area (Å²) >= 11 is 15.1. The van der Waals surface area contributed by atoms with Gasteiger partial charge in [-0.2, -0.15) is 4.57 Å². The van der Waals surface area contributed by atoms with Crippen LogP contribution in [0.15, 0.2) is 46.3 Å². The van der Waals surface area contributed by atoms with E-state index in [4.69, 9.17) is 23.2 Å². The van der Waals surface area contributed by atoms with Crippen LogP contribution in [0.3, 0.4) is 0 Å². The van der Waals surface area contributed by atoms with E-state index < -0.39 is 9.85 Å². The first-order valence-electron chi connectivity index (χ1n) is 9.87. The number of allylic oxidation sites excluding steroid dienone is 2. The zero-order chi connectivity index (χ0) is 23.9. The van der Waals surface area contributed by atoms with E-state index in [0.717, 1.165) is 30.8 Å². The lowest BCUT2D eigenvalue weighted by Crippen LogP contribution is -2.33. The Morgan fingerprint density at radius 1 is 1.06 bits per heavy atom. The summed E-state index contributed by atoms with van der Waals surface area (Å²) in [5, 5.41) is 24.5. The van der Waals surface area contributed by atoms with Gasteiger partial charge in [-0.3, -0.25) is 20.2 Å². The molecule has 2 aromatic carbocycles. The van der Waals surface area contributed by atoms with Gasteiger partial charge in [0.25, 0.3) is 16.4 Å². The molecule has 33 heavy (non-hydrogen) atoms. The molecule has 0 saturated heterocycles. The van der Waals surface area contributed by atoms with Crippen LogP contribution in [-0.4, -0.2) is 16.4 Å². The van der Waals surface area contributed by atoms with E-state index in [0.29, 0.717) is 13.1 Å². The van der Waals surface area contributed by atoms with Crippen molar-refractivity contribution >= 4 is 79.7 Å². The van der Waals surface area contributed by atoms with Gasteiger partial charge in [-0.25, -0.2) is 0 Å². The largest absolute Gasteiger partial charge is 0.335 e.